The van der Waals surface area contributed by atoms with Crippen molar-refractivity contribution in [1.29, 1.82) is 0 Å². The fourth-order valence-corrected chi connectivity index (χ4v) is 1.70. The van der Waals surface area contributed by atoms with E-state index in [1.165, 1.54) is 24.8 Å². The van der Waals surface area contributed by atoms with Crippen molar-refractivity contribution in [1.82, 2.24) is 15.0 Å². The first-order valence-electron chi connectivity index (χ1n) is 5.81. The Hall–Kier alpha value is -1.64. The third-order valence-corrected chi connectivity index (χ3v) is 3.04. The van der Waals surface area contributed by atoms with Crippen LogP contribution in [0.1, 0.15) is 5.69 Å². The van der Waals surface area contributed by atoms with Gasteiger partial charge in [0.1, 0.15) is 6.33 Å². The topological polar surface area (TPSA) is 67.8 Å². The van der Waals surface area contributed by atoms with E-state index in [9.17, 15) is 18.0 Å². The van der Waals surface area contributed by atoms with E-state index in [0.717, 1.165) is 6.07 Å². The van der Waals surface area contributed by atoms with E-state index in [1.54, 1.807) is 0 Å². The van der Waals surface area contributed by atoms with E-state index in [-0.39, 0.29) is 11.3 Å². The zero-order valence-electron chi connectivity index (χ0n) is 10.9. The van der Waals surface area contributed by atoms with Crippen LogP contribution in [0.5, 0.6) is 0 Å². The monoisotopic (exact) mass is 384 g/mol. The maximum atomic E-state index is 13.1. The van der Waals surface area contributed by atoms with E-state index in [2.05, 4.69) is 15.0 Å². The van der Waals surface area contributed by atoms with Crippen LogP contribution in [0.15, 0.2) is 30.9 Å². The van der Waals surface area contributed by atoms with Crippen LogP contribution in [0.2, 0.25) is 0 Å². The number of carbonyl (C=O) groups excluding carboxylic acids is 1. The Kier molecular flexibility index (Phi) is 4.98. The zero-order chi connectivity index (χ0) is 17.3. The van der Waals surface area contributed by atoms with Gasteiger partial charge in [0.25, 0.3) is 9.70 Å². The summed E-state index contributed by atoms with van der Waals surface area (Å²) in [5.41, 5.74) is -1.71. The Bertz CT molecular complexity index is 720. The number of alkyl halides is 6. The predicted molar refractivity (Wildman–Crippen MR) is 79.2 cm³/mol. The summed E-state index contributed by atoms with van der Waals surface area (Å²) in [6.07, 6.45) is -1.00. The van der Waals surface area contributed by atoms with Gasteiger partial charge in [-0.2, -0.15) is 13.2 Å². The van der Waals surface area contributed by atoms with Gasteiger partial charge in [-0.15, -0.1) is 0 Å². The highest BCUT2D eigenvalue weighted by atomic mass is 35.6. The summed E-state index contributed by atoms with van der Waals surface area (Å²) in [6.45, 7) is 0. The summed E-state index contributed by atoms with van der Waals surface area (Å²) < 4.78 is 37.0. The summed E-state index contributed by atoms with van der Waals surface area (Å²) in [5, 5.41) is 1.89. The Morgan fingerprint density at radius 3 is 2.22 bits per heavy atom. The molecule has 11 heteroatoms. The van der Waals surface area contributed by atoms with Crippen LogP contribution in [0.3, 0.4) is 0 Å². The molecule has 2 rings (SSSR count). The second-order valence-electron chi connectivity index (χ2n) is 4.17. The molecule has 0 aliphatic heterocycles. The smallest absolute Gasteiger partial charge is 0.320 e. The quantitative estimate of drug-likeness (QED) is 0.797. The van der Waals surface area contributed by atoms with Gasteiger partial charge in [-0.05, 0) is 12.1 Å². The van der Waals surface area contributed by atoms with Gasteiger partial charge in [-0.1, -0.05) is 34.8 Å². The highest BCUT2D eigenvalue weighted by molar-refractivity contribution is 6.76. The molecule has 2 aromatic heterocycles. The first-order valence-corrected chi connectivity index (χ1v) is 6.94. The van der Waals surface area contributed by atoms with Gasteiger partial charge in [0.05, 0.1) is 11.4 Å². The third kappa shape index (κ3) is 4.43. The van der Waals surface area contributed by atoms with Crippen molar-refractivity contribution in [3.05, 3.63) is 36.5 Å². The van der Waals surface area contributed by atoms with Crippen LogP contribution in [0.4, 0.5) is 18.9 Å². The number of nitrogens with one attached hydrogen (secondary N) is 1. The van der Waals surface area contributed by atoms with Gasteiger partial charge >= 0.3 is 6.18 Å². The standard InChI is InChI=1S/C12H6Cl3F3N4O/c13-11(14,15)10(23)22-8-2-1-7(6-3-19-5-20-4-6)21-9(8)12(16,17)18/h1-5H,(H,22,23). The van der Waals surface area contributed by atoms with E-state index in [1.807, 2.05) is 5.32 Å². The molecule has 0 aromatic carbocycles. The number of amides is 1. The molecule has 1 amide bonds. The van der Waals surface area contributed by atoms with E-state index < -0.39 is 27.3 Å². The Labute approximate surface area is 142 Å². The van der Waals surface area contributed by atoms with Crippen molar-refractivity contribution in [3.63, 3.8) is 0 Å². The Balaban J connectivity index is 2.46. The molecule has 2 heterocycles. The largest absolute Gasteiger partial charge is 0.435 e. The van der Waals surface area contributed by atoms with Crippen LogP contribution in [-0.4, -0.2) is 24.7 Å². The average molecular weight is 386 g/mol. The molecule has 5 nitrogen and oxygen atoms in total. The van der Waals surface area contributed by atoms with E-state index >= 15 is 0 Å². The number of halogens is 6. The number of pyridine rings is 1. The molecule has 0 atom stereocenters. The van der Waals surface area contributed by atoms with E-state index in [0.29, 0.717) is 0 Å². The highest BCUT2D eigenvalue weighted by Crippen LogP contribution is 2.36. The number of anilines is 1. The molecule has 23 heavy (non-hydrogen) atoms. The lowest BCUT2D eigenvalue weighted by Gasteiger charge is -2.16. The fourth-order valence-electron chi connectivity index (χ4n) is 1.56. The minimum absolute atomic E-state index is 0.0233. The molecular formula is C12H6Cl3F3N4O. The lowest BCUT2D eigenvalue weighted by Crippen LogP contribution is -2.28. The molecule has 0 aliphatic rings. The summed E-state index contributed by atoms with van der Waals surface area (Å²) in [7, 11) is 0. The molecule has 0 bridgehead atoms. The van der Waals surface area contributed by atoms with Crippen molar-refractivity contribution < 1.29 is 18.0 Å². The molecule has 0 unspecified atom stereocenters. The SMILES string of the molecule is O=C(Nc1ccc(-c2cncnc2)nc1C(F)(F)F)C(Cl)(Cl)Cl. The first kappa shape index (κ1) is 17.7. The van der Waals surface area contributed by atoms with E-state index in [4.69, 9.17) is 34.8 Å². The maximum Gasteiger partial charge on any atom is 0.435 e. The number of hydrogen-bond acceptors (Lipinski definition) is 4. The van der Waals surface area contributed by atoms with Gasteiger partial charge in [0.15, 0.2) is 5.69 Å². The predicted octanol–water partition coefficient (Wildman–Crippen LogP) is 3.87. The van der Waals surface area contributed by atoms with Crippen LogP contribution in [-0.2, 0) is 11.0 Å². The molecule has 0 fully saturated rings. The molecule has 0 spiro atoms. The Morgan fingerprint density at radius 2 is 1.70 bits per heavy atom. The van der Waals surface area contributed by atoms with Gasteiger partial charge in [-0.3, -0.25) is 4.79 Å². The number of rotatable bonds is 2. The van der Waals surface area contributed by atoms with Gasteiger partial charge in [-0.25, -0.2) is 15.0 Å². The van der Waals surface area contributed by atoms with Gasteiger partial charge < -0.3 is 5.32 Å². The number of nitrogens with zero attached hydrogens (tertiary/aromatic N) is 3. The Morgan fingerprint density at radius 1 is 1.09 bits per heavy atom. The molecule has 0 aliphatic carbocycles. The van der Waals surface area contributed by atoms with Gasteiger partial charge in [0.2, 0.25) is 0 Å². The molecule has 0 saturated heterocycles. The highest BCUT2D eigenvalue weighted by Gasteiger charge is 2.38. The molecule has 0 radical (unpaired) electrons. The van der Waals surface area contributed by atoms with Crippen molar-refractivity contribution in [2.24, 2.45) is 0 Å². The zero-order valence-corrected chi connectivity index (χ0v) is 13.2. The lowest BCUT2D eigenvalue weighted by atomic mass is 10.2. The summed E-state index contributed by atoms with van der Waals surface area (Å²) >= 11 is 16.0. The minimum atomic E-state index is -4.83. The third-order valence-electron chi connectivity index (χ3n) is 2.53. The second-order valence-corrected chi connectivity index (χ2v) is 6.45. The number of hydrogen-bond donors (Lipinski definition) is 1. The summed E-state index contributed by atoms with van der Waals surface area (Å²) in [5.74, 6) is -1.23. The second kappa shape index (κ2) is 6.46. The lowest BCUT2D eigenvalue weighted by molar-refractivity contribution is -0.140. The molecular weight excluding hydrogens is 380 g/mol. The van der Waals surface area contributed by atoms with Crippen molar-refractivity contribution >= 4 is 46.4 Å². The first-order chi connectivity index (χ1) is 10.6. The van der Waals surface area contributed by atoms with Crippen LogP contribution >= 0.6 is 34.8 Å². The van der Waals surface area contributed by atoms with Crippen LogP contribution < -0.4 is 5.32 Å². The van der Waals surface area contributed by atoms with Crippen molar-refractivity contribution in [3.8, 4) is 11.3 Å². The normalized spacial score (nSPS) is 12.1. The number of aromatic nitrogens is 3. The molecule has 2 aromatic rings. The van der Waals surface area contributed by atoms with Crippen molar-refractivity contribution in [2.75, 3.05) is 5.32 Å². The van der Waals surface area contributed by atoms with Crippen LogP contribution in [0, 0.1) is 0 Å². The molecule has 0 saturated carbocycles. The summed E-state index contributed by atoms with van der Waals surface area (Å²) in [4.78, 5) is 22.4. The van der Waals surface area contributed by atoms with Crippen molar-refractivity contribution in [2.45, 2.75) is 9.97 Å². The molecule has 122 valence electrons. The van der Waals surface area contributed by atoms with Gasteiger partial charge in [0, 0.05) is 18.0 Å². The minimum Gasteiger partial charge on any atom is -0.320 e. The maximum absolute atomic E-state index is 13.1. The summed E-state index contributed by atoms with van der Waals surface area (Å²) in [6, 6.07) is 2.26. The molecule has 1 N–H and O–H groups in total. The number of carbonyl (C=O) groups is 1. The average Bonchev–Trinajstić information content (AvgIpc) is 2.46. The fraction of sp³-hybridized carbons (Fsp3) is 0.167. The van der Waals surface area contributed by atoms with Crippen LogP contribution in [0.25, 0.3) is 11.3 Å².